The average molecular weight is 397 g/mol. The van der Waals surface area contributed by atoms with Crippen LogP contribution in [0.15, 0.2) is 22.7 Å². The van der Waals surface area contributed by atoms with Crippen molar-refractivity contribution in [1.29, 1.82) is 0 Å². The molecule has 1 N–H and O–H groups in total. The predicted molar refractivity (Wildman–Crippen MR) is 109 cm³/mol. The minimum atomic E-state index is -0.486. The number of hydrogen-bond acceptors (Lipinski definition) is 6. The lowest BCUT2D eigenvalue weighted by molar-refractivity contribution is 0.0198. The summed E-state index contributed by atoms with van der Waals surface area (Å²) < 4.78 is 11.0. The van der Waals surface area contributed by atoms with Crippen LogP contribution in [0, 0.1) is 0 Å². The van der Waals surface area contributed by atoms with Gasteiger partial charge in [-0.2, -0.15) is 4.98 Å². The Morgan fingerprint density at radius 3 is 2.72 bits per heavy atom. The molecular weight excluding hydrogens is 370 g/mol. The zero-order valence-electron chi connectivity index (χ0n) is 17.4. The van der Waals surface area contributed by atoms with Crippen molar-refractivity contribution in [2.24, 2.45) is 0 Å². The molecule has 4 rings (SSSR count). The van der Waals surface area contributed by atoms with E-state index in [9.17, 15) is 4.79 Å². The van der Waals surface area contributed by atoms with Gasteiger partial charge in [0.25, 0.3) is 0 Å². The molecule has 1 aliphatic heterocycles. The maximum Gasteiger partial charge on any atom is 0.410 e. The van der Waals surface area contributed by atoms with E-state index in [0.29, 0.717) is 24.8 Å². The summed E-state index contributed by atoms with van der Waals surface area (Å²) in [5, 5.41) is 4.20. The van der Waals surface area contributed by atoms with Gasteiger partial charge in [0.1, 0.15) is 11.4 Å². The van der Waals surface area contributed by atoms with Crippen LogP contribution in [0.4, 0.5) is 4.79 Å². The first kappa shape index (κ1) is 19.4. The van der Waals surface area contributed by atoms with Crippen LogP contribution in [0.3, 0.4) is 0 Å². The number of aryl methyl sites for hydroxylation is 1. The van der Waals surface area contributed by atoms with Crippen molar-refractivity contribution in [3.63, 3.8) is 0 Å². The molecule has 1 aromatic carbocycles. The number of amides is 1. The molecule has 1 fully saturated rings. The van der Waals surface area contributed by atoms with Gasteiger partial charge in [0.2, 0.25) is 11.7 Å². The number of fused-ring (bicyclic) bond motifs is 1. The molecule has 1 saturated heterocycles. The molecule has 3 aromatic rings. The monoisotopic (exact) mass is 397 g/mol. The molecule has 29 heavy (non-hydrogen) atoms. The van der Waals surface area contributed by atoms with Crippen molar-refractivity contribution in [3.05, 3.63) is 29.9 Å². The summed E-state index contributed by atoms with van der Waals surface area (Å²) in [6.45, 7) is 8.93. The first-order valence-corrected chi connectivity index (χ1v) is 10.1. The van der Waals surface area contributed by atoms with E-state index >= 15 is 0 Å². The number of carbonyl (C=O) groups excluding carboxylic acids is 1. The van der Waals surface area contributed by atoms with Gasteiger partial charge < -0.3 is 19.1 Å². The number of ether oxygens (including phenoxy) is 1. The third-order valence-electron chi connectivity index (χ3n) is 5.08. The predicted octanol–water partition coefficient (Wildman–Crippen LogP) is 4.29. The Morgan fingerprint density at radius 1 is 1.28 bits per heavy atom. The summed E-state index contributed by atoms with van der Waals surface area (Å²) in [6.07, 6.45) is 2.11. The number of rotatable bonds is 3. The Hall–Kier alpha value is -2.90. The number of imidazole rings is 1. The Balaban J connectivity index is 1.47. The van der Waals surface area contributed by atoms with Crippen molar-refractivity contribution >= 4 is 17.1 Å². The molecule has 0 unspecified atom stereocenters. The fraction of sp³-hybridized carbons (Fsp3) is 0.524. The summed E-state index contributed by atoms with van der Waals surface area (Å²) in [7, 11) is 0. The number of nitrogens with one attached hydrogen (secondary N) is 1. The van der Waals surface area contributed by atoms with Gasteiger partial charge in [-0.25, -0.2) is 9.78 Å². The largest absolute Gasteiger partial charge is 0.444 e. The highest BCUT2D eigenvalue weighted by Gasteiger charge is 2.30. The number of piperidine rings is 1. The minimum Gasteiger partial charge on any atom is -0.444 e. The number of aromatic amines is 1. The topological polar surface area (TPSA) is 97.1 Å². The standard InChI is InChI=1S/C21H27N5O3/c1-5-16-22-15-8-6-7-14(17(15)23-16)18-24-19(29-25-18)13-9-11-26(12-10-13)20(27)28-21(2,3)4/h6-8,13H,5,9-12H2,1-4H3,(H,22,23). The number of likely N-dealkylation sites (tertiary alicyclic amines) is 1. The van der Waals surface area contributed by atoms with E-state index < -0.39 is 5.60 Å². The molecule has 0 radical (unpaired) electrons. The molecule has 1 aliphatic rings. The van der Waals surface area contributed by atoms with Gasteiger partial charge in [-0.1, -0.05) is 18.1 Å². The lowest BCUT2D eigenvalue weighted by Crippen LogP contribution is -2.41. The van der Waals surface area contributed by atoms with Gasteiger partial charge in [0, 0.05) is 25.4 Å². The summed E-state index contributed by atoms with van der Waals surface area (Å²) in [4.78, 5) is 26.6. The zero-order valence-corrected chi connectivity index (χ0v) is 17.4. The Labute approximate surface area is 169 Å². The van der Waals surface area contributed by atoms with Crippen molar-refractivity contribution in [2.45, 2.75) is 58.5 Å². The van der Waals surface area contributed by atoms with Crippen molar-refractivity contribution in [3.8, 4) is 11.4 Å². The minimum absolute atomic E-state index is 0.138. The van der Waals surface area contributed by atoms with Gasteiger partial charge in [0.05, 0.1) is 16.6 Å². The van der Waals surface area contributed by atoms with Crippen LogP contribution >= 0.6 is 0 Å². The maximum atomic E-state index is 12.2. The Kier molecular flexibility index (Phi) is 5.02. The molecular formula is C21H27N5O3. The number of para-hydroxylation sites is 1. The second-order valence-electron chi connectivity index (χ2n) is 8.44. The fourth-order valence-electron chi connectivity index (χ4n) is 3.58. The molecule has 2 aromatic heterocycles. The van der Waals surface area contributed by atoms with Crippen LogP contribution in [0.1, 0.15) is 58.2 Å². The van der Waals surface area contributed by atoms with Crippen LogP contribution in [0.5, 0.6) is 0 Å². The van der Waals surface area contributed by atoms with Crippen LogP contribution < -0.4 is 0 Å². The van der Waals surface area contributed by atoms with Gasteiger partial charge in [0.15, 0.2) is 0 Å². The van der Waals surface area contributed by atoms with E-state index in [1.54, 1.807) is 4.90 Å². The summed E-state index contributed by atoms with van der Waals surface area (Å²) in [5.74, 6) is 2.24. The second-order valence-corrected chi connectivity index (χ2v) is 8.44. The molecule has 0 saturated carbocycles. The number of aromatic nitrogens is 4. The Morgan fingerprint density at radius 2 is 2.03 bits per heavy atom. The molecule has 0 aliphatic carbocycles. The van der Waals surface area contributed by atoms with Crippen LogP contribution in [0.25, 0.3) is 22.4 Å². The second kappa shape index (κ2) is 7.50. The SMILES string of the molecule is CCc1nc2c(-c3noc(C4CCN(C(=O)OC(C)(C)C)CC4)n3)cccc2[nH]1. The van der Waals surface area contributed by atoms with Gasteiger partial charge in [-0.15, -0.1) is 0 Å². The molecule has 8 nitrogen and oxygen atoms in total. The lowest BCUT2D eigenvalue weighted by Gasteiger charge is -2.32. The number of nitrogens with zero attached hydrogens (tertiary/aromatic N) is 4. The summed E-state index contributed by atoms with van der Waals surface area (Å²) in [5.41, 5.74) is 2.20. The molecule has 0 spiro atoms. The third kappa shape index (κ3) is 4.11. The molecule has 0 atom stereocenters. The number of hydrogen-bond donors (Lipinski definition) is 1. The molecule has 0 bridgehead atoms. The average Bonchev–Trinajstić information content (AvgIpc) is 3.33. The van der Waals surface area contributed by atoms with E-state index in [1.165, 1.54) is 0 Å². The van der Waals surface area contributed by atoms with Gasteiger partial charge in [-0.3, -0.25) is 0 Å². The van der Waals surface area contributed by atoms with E-state index in [4.69, 9.17) is 9.26 Å². The van der Waals surface area contributed by atoms with Crippen molar-refractivity contribution in [2.75, 3.05) is 13.1 Å². The highest BCUT2D eigenvalue weighted by molar-refractivity contribution is 5.89. The summed E-state index contributed by atoms with van der Waals surface area (Å²) >= 11 is 0. The first-order chi connectivity index (χ1) is 13.8. The quantitative estimate of drug-likeness (QED) is 0.708. The van der Waals surface area contributed by atoms with E-state index in [1.807, 2.05) is 39.0 Å². The van der Waals surface area contributed by atoms with Gasteiger partial charge >= 0.3 is 6.09 Å². The first-order valence-electron chi connectivity index (χ1n) is 10.1. The van der Waals surface area contributed by atoms with Crippen LogP contribution in [-0.4, -0.2) is 49.8 Å². The third-order valence-corrected chi connectivity index (χ3v) is 5.08. The maximum absolute atomic E-state index is 12.2. The zero-order chi connectivity index (χ0) is 20.6. The highest BCUT2D eigenvalue weighted by atomic mass is 16.6. The van der Waals surface area contributed by atoms with E-state index in [-0.39, 0.29) is 12.0 Å². The van der Waals surface area contributed by atoms with E-state index in [0.717, 1.165) is 41.7 Å². The van der Waals surface area contributed by atoms with Crippen LogP contribution in [0.2, 0.25) is 0 Å². The van der Waals surface area contributed by atoms with Crippen LogP contribution in [-0.2, 0) is 11.2 Å². The van der Waals surface area contributed by atoms with E-state index in [2.05, 4.69) is 27.0 Å². The Bertz CT molecular complexity index is 1010. The summed E-state index contributed by atoms with van der Waals surface area (Å²) in [6, 6.07) is 5.92. The fourth-order valence-corrected chi connectivity index (χ4v) is 3.58. The number of benzene rings is 1. The normalized spacial score (nSPS) is 15.8. The van der Waals surface area contributed by atoms with Crippen molar-refractivity contribution in [1.82, 2.24) is 25.0 Å². The smallest absolute Gasteiger partial charge is 0.410 e. The molecule has 8 heteroatoms. The number of H-pyrrole nitrogens is 1. The highest BCUT2D eigenvalue weighted by Crippen LogP contribution is 2.31. The molecule has 1 amide bonds. The molecule has 154 valence electrons. The number of carbonyl (C=O) groups is 1. The lowest BCUT2D eigenvalue weighted by atomic mass is 9.97. The van der Waals surface area contributed by atoms with Crippen molar-refractivity contribution < 1.29 is 14.1 Å². The van der Waals surface area contributed by atoms with Gasteiger partial charge in [-0.05, 0) is 45.7 Å². The molecule has 3 heterocycles.